The van der Waals surface area contributed by atoms with Crippen molar-refractivity contribution >= 4 is 64.1 Å². The van der Waals surface area contributed by atoms with Crippen LogP contribution >= 0.6 is 46.5 Å². The summed E-state index contributed by atoms with van der Waals surface area (Å²) in [7, 11) is 0. The van der Waals surface area contributed by atoms with Crippen molar-refractivity contribution in [2.45, 2.75) is 18.4 Å². The zero-order chi connectivity index (χ0) is 21.7. The second-order valence-corrected chi connectivity index (χ2v) is 9.22. The van der Waals surface area contributed by atoms with Gasteiger partial charge in [-0.05, 0) is 77.8 Å². The van der Waals surface area contributed by atoms with Crippen molar-refractivity contribution in [2.24, 2.45) is 0 Å². The van der Waals surface area contributed by atoms with Crippen LogP contribution in [0.2, 0.25) is 10.0 Å². The van der Waals surface area contributed by atoms with Crippen LogP contribution in [0.3, 0.4) is 0 Å². The van der Waals surface area contributed by atoms with E-state index in [1.807, 2.05) is 41.6 Å². The van der Waals surface area contributed by atoms with Gasteiger partial charge in [-0.1, -0.05) is 29.3 Å². The number of rotatable bonds is 8. The maximum absolute atomic E-state index is 12.6. The average Bonchev–Trinajstić information content (AvgIpc) is 3.19. The number of carboxylic acids is 1. The Morgan fingerprint density at radius 1 is 1.17 bits per heavy atom. The predicted octanol–water partition coefficient (Wildman–Crippen LogP) is 5.89. The first-order valence-electron chi connectivity index (χ1n) is 8.87. The first-order valence-corrected chi connectivity index (χ1v) is 11.3. The van der Waals surface area contributed by atoms with E-state index < -0.39 is 5.97 Å². The van der Waals surface area contributed by atoms with Crippen LogP contribution in [0.1, 0.15) is 20.8 Å². The molecule has 0 aliphatic rings. The molecule has 0 spiro atoms. The van der Waals surface area contributed by atoms with E-state index in [1.54, 1.807) is 23.6 Å². The highest BCUT2D eigenvalue weighted by molar-refractivity contribution is 8.00. The molecule has 0 radical (unpaired) electrons. The number of benzene rings is 2. The van der Waals surface area contributed by atoms with E-state index in [1.165, 1.54) is 11.9 Å². The fourth-order valence-corrected chi connectivity index (χ4v) is 4.66. The molecule has 1 heterocycles. The number of carboxylic acid groups (broad SMARTS) is 1. The lowest BCUT2D eigenvalue weighted by atomic mass is 10.2. The van der Waals surface area contributed by atoms with E-state index in [2.05, 4.69) is 5.32 Å². The first kappa shape index (κ1) is 22.5. The fraction of sp³-hybridized carbons (Fsp3) is 0.143. The molecule has 2 aromatic carbocycles. The summed E-state index contributed by atoms with van der Waals surface area (Å²) in [5, 5.41) is 14.9. The third-order valence-corrected chi connectivity index (χ3v) is 6.84. The Hall–Kier alpha value is -2.19. The highest BCUT2D eigenvalue weighted by Gasteiger charge is 2.17. The Bertz CT molecular complexity index is 1050. The molecule has 0 aliphatic heterocycles. The summed E-state index contributed by atoms with van der Waals surface area (Å²) in [6.07, 6.45) is 0. The lowest BCUT2D eigenvalue weighted by Crippen LogP contribution is -2.33. The van der Waals surface area contributed by atoms with Crippen molar-refractivity contribution < 1.29 is 14.7 Å². The Kier molecular flexibility index (Phi) is 7.66. The molecule has 3 rings (SSSR count). The number of thiophene rings is 1. The van der Waals surface area contributed by atoms with Crippen molar-refractivity contribution in [1.29, 1.82) is 0 Å². The van der Waals surface area contributed by atoms with Crippen LogP contribution in [0.5, 0.6) is 0 Å². The molecule has 0 saturated carbocycles. The molecule has 0 aliphatic carbocycles. The summed E-state index contributed by atoms with van der Waals surface area (Å²) in [5.74, 6) is -1.17. The molecule has 0 bridgehead atoms. The molecular formula is C21H18Cl2N2O3S2. The van der Waals surface area contributed by atoms with E-state index in [9.17, 15) is 9.59 Å². The largest absolute Gasteiger partial charge is 0.477 e. The van der Waals surface area contributed by atoms with Crippen molar-refractivity contribution in [3.8, 4) is 0 Å². The molecule has 2 N–H and O–H groups in total. The van der Waals surface area contributed by atoms with Gasteiger partial charge in [0.1, 0.15) is 11.4 Å². The summed E-state index contributed by atoms with van der Waals surface area (Å²) in [6, 6.07) is 14.5. The number of carbonyl (C=O) groups excluding carboxylic acids is 1. The molecule has 9 heteroatoms. The van der Waals surface area contributed by atoms with E-state index in [4.69, 9.17) is 28.3 Å². The summed E-state index contributed by atoms with van der Waals surface area (Å²) in [6.45, 7) is 2.25. The van der Waals surface area contributed by atoms with E-state index in [0.29, 0.717) is 10.0 Å². The average molecular weight is 481 g/mol. The lowest BCUT2D eigenvalue weighted by molar-refractivity contribution is -0.119. The standard InChI is InChI=1S/C21H18Cl2N2O3S2/c1-13-17(23)3-2-4-18(13)25(30-16-7-5-15(22)6-8-16)11-20(26)24-10-14-9-19(21(27)28)29-12-14/h2-9,12H,10-11H2,1H3,(H,24,26)(H,27,28). The number of hydrogen-bond acceptors (Lipinski definition) is 5. The minimum absolute atomic E-state index is 0.0877. The summed E-state index contributed by atoms with van der Waals surface area (Å²) in [4.78, 5) is 24.8. The molecule has 0 atom stereocenters. The number of amides is 1. The van der Waals surface area contributed by atoms with E-state index >= 15 is 0 Å². The maximum atomic E-state index is 12.6. The van der Waals surface area contributed by atoms with Gasteiger partial charge in [-0.3, -0.25) is 4.79 Å². The minimum Gasteiger partial charge on any atom is -0.477 e. The Labute approximate surface area is 192 Å². The van der Waals surface area contributed by atoms with Gasteiger partial charge >= 0.3 is 5.97 Å². The lowest BCUT2D eigenvalue weighted by Gasteiger charge is -2.25. The molecule has 156 valence electrons. The van der Waals surface area contributed by atoms with Gasteiger partial charge in [0.2, 0.25) is 5.91 Å². The van der Waals surface area contributed by atoms with Gasteiger partial charge in [0, 0.05) is 21.5 Å². The van der Waals surface area contributed by atoms with Crippen LogP contribution in [0.15, 0.2) is 58.8 Å². The molecule has 0 saturated heterocycles. The van der Waals surface area contributed by atoms with Gasteiger partial charge in [0.15, 0.2) is 0 Å². The van der Waals surface area contributed by atoms with Crippen LogP contribution in [0.4, 0.5) is 5.69 Å². The van der Waals surface area contributed by atoms with Crippen molar-refractivity contribution in [1.82, 2.24) is 5.32 Å². The van der Waals surface area contributed by atoms with Crippen LogP contribution in [-0.4, -0.2) is 23.5 Å². The number of halogens is 2. The number of aromatic carboxylic acids is 1. The van der Waals surface area contributed by atoms with E-state index in [-0.39, 0.29) is 23.9 Å². The monoisotopic (exact) mass is 480 g/mol. The SMILES string of the molecule is Cc1c(Cl)cccc1N(CC(=O)NCc1csc(C(=O)O)c1)Sc1ccc(Cl)cc1. The van der Waals surface area contributed by atoms with Crippen molar-refractivity contribution in [3.05, 3.63) is 80.0 Å². The molecule has 1 aromatic heterocycles. The van der Waals surface area contributed by atoms with Gasteiger partial charge in [0.05, 0.1) is 5.69 Å². The van der Waals surface area contributed by atoms with Crippen LogP contribution in [-0.2, 0) is 11.3 Å². The first-order chi connectivity index (χ1) is 14.3. The van der Waals surface area contributed by atoms with Crippen molar-refractivity contribution in [2.75, 3.05) is 10.8 Å². The molecule has 3 aromatic rings. The molecular weight excluding hydrogens is 463 g/mol. The Morgan fingerprint density at radius 3 is 2.57 bits per heavy atom. The smallest absolute Gasteiger partial charge is 0.345 e. The number of hydrogen-bond donors (Lipinski definition) is 2. The molecule has 0 fully saturated rings. The second kappa shape index (κ2) is 10.2. The normalized spacial score (nSPS) is 10.6. The number of anilines is 1. The molecule has 0 unspecified atom stereocenters. The third-order valence-electron chi connectivity index (χ3n) is 4.18. The number of carbonyl (C=O) groups is 2. The van der Waals surface area contributed by atoms with Crippen LogP contribution < -0.4 is 9.62 Å². The summed E-state index contributed by atoms with van der Waals surface area (Å²) < 4.78 is 1.87. The summed E-state index contributed by atoms with van der Waals surface area (Å²) >= 11 is 14.8. The highest BCUT2D eigenvalue weighted by atomic mass is 35.5. The fourth-order valence-electron chi connectivity index (χ4n) is 2.62. The maximum Gasteiger partial charge on any atom is 0.345 e. The summed E-state index contributed by atoms with van der Waals surface area (Å²) in [5.41, 5.74) is 2.46. The Balaban J connectivity index is 1.73. The highest BCUT2D eigenvalue weighted by Crippen LogP contribution is 2.34. The zero-order valence-corrected chi connectivity index (χ0v) is 19.0. The third kappa shape index (κ3) is 5.92. The minimum atomic E-state index is -0.973. The Morgan fingerprint density at radius 2 is 1.90 bits per heavy atom. The second-order valence-electron chi connectivity index (χ2n) is 6.37. The number of nitrogens with one attached hydrogen (secondary N) is 1. The topological polar surface area (TPSA) is 69.6 Å². The van der Waals surface area contributed by atoms with Gasteiger partial charge in [-0.2, -0.15) is 0 Å². The van der Waals surface area contributed by atoms with Crippen LogP contribution in [0, 0.1) is 6.92 Å². The van der Waals surface area contributed by atoms with Gasteiger partial charge in [-0.15, -0.1) is 11.3 Å². The van der Waals surface area contributed by atoms with Crippen molar-refractivity contribution in [3.63, 3.8) is 0 Å². The predicted molar refractivity (Wildman–Crippen MR) is 124 cm³/mol. The van der Waals surface area contributed by atoms with Gasteiger partial charge in [0.25, 0.3) is 0 Å². The van der Waals surface area contributed by atoms with E-state index in [0.717, 1.165) is 33.0 Å². The quantitative estimate of drug-likeness (QED) is 0.393. The van der Waals surface area contributed by atoms with Crippen LogP contribution in [0.25, 0.3) is 0 Å². The molecule has 5 nitrogen and oxygen atoms in total. The van der Waals surface area contributed by atoms with Gasteiger partial charge < -0.3 is 14.7 Å². The van der Waals surface area contributed by atoms with Gasteiger partial charge in [-0.25, -0.2) is 4.79 Å². The number of nitrogens with zero attached hydrogens (tertiary/aromatic N) is 1. The zero-order valence-electron chi connectivity index (χ0n) is 15.9. The molecule has 1 amide bonds. The molecule has 30 heavy (non-hydrogen) atoms.